The molecular formula is C16H24ClN5O. The molecule has 0 saturated heterocycles. The van der Waals surface area contributed by atoms with E-state index in [4.69, 9.17) is 5.73 Å². The highest BCUT2D eigenvalue weighted by atomic mass is 35.5. The minimum Gasteiger partial charge on any atom is -0.347 e. The number of carbonyl (C=O) groups excluding carboxylic acids is 1. The number of nitrogens with one attached hydrogen (secondary N) is 1. The molecule has 1 unspecified atom stereocenters. The summed E-state index contributed by atoms with van der Waals surface area (Å²) in [5.74, 6) is 0.227. The molecule has 126 valence electrons. The predicted molar refractivity (Wildman–Crippen MR) is 92.6 cm³/mol. The van der Waals surface area contributed by atoms with Gasteiger partial charge in [0, 0.05) is 0 Å². The van der Waals surface area contributed by atoms with Gasteiger partial charge in [-0.2, -0.15) is 0 Å². The van der Waals surface area contributed by atoms with E-state index >= 15 is 0 Å². The quantitative estimate of drug-likeness (QED) is 0.846. The zero-order chi connectivity index (χ0) is 16.1. The second-order valence-electron chi connectivity index (χ2n) is 5.89. The maximum Gasteiger partial charge on any atom is 0.237 e. The number of rotatable bonds is 6. The lowest BCUT2D eigenvalue weighted by molar-refractivity contribution is -0.123. The van der Waals surface area contributed by atoms with E-state index in [1.54, 1.807) is 4.68 Å². The highest BCUT2D eigenvalue weighted by molar-refractivity contribution is 5.85. The Morgan fingerprint density at radius 3 is 2.52 bits per heavy atom. The fourth-order valence-corrected chi connectivity index (χ4v) is 2.19. The van der Waals surface area contributed by atoms with Crippen LogP contribution in [0.15, 0.2) is 36.5 Å². The first kappa shape index (κ1) is 19.1. The Hall–Kier alpha value is -1.92. The third kappa shape index (κ3) is 5.33. The SMILES string of the molecule is CC(C)C[C@H](N)C(=O)NC(C)c1cn(-c2ccccc2)nn1.Cl. The average molecular weight is 338 g/mol. The van der Waals surface area contributed by atoms with Crippen LogP contribution in [-0.4, -0.2) is 26.9 Å². The van der Waals surface area contributed by atoms with Crippen LogP contribution in [0, 0.1) is 5.92 Å². The number of para-hydroxylation sites is 1. The van der Waals surface area contributed by atoms with E-state index in [2.05, 4.69) is 15.6 Å². The van der Waals surface area contributed by atoms with Crippen molar-refractivity contribution in [3.8, 4) is 5.69 Å². The fourth-order valence-electron chi connectivity index (χ4n) is 2.19. The second-order valence-corrected chi connectivity index (χ2v) is 5.89. The molecule has 23 heavy (non-hydrogen) atoms. The Balaban J connectivity index is 0.00000264. The minimum absolute atomic E-state index is 0. The van der Waals surface area contributed by atoms with E-state index in [1.165, 1.54) is 0 Å². The summed E-state index contributed by atoms with van der Waals surface area (Å²) < 4.78 is 1.69. The third-order valence-electron chi connectivity index (χ3n) is 3.40. The summed E-state index contributed by atoms with van der Waals surface area (Å²) in [5.41, 5.74) is 7.52. The molecule has 1 aromatic heterocycles. The van der Waals surface area contributed by atoms with Crippen molar-refractivity contribution in [1.29, 1.82) is 0 Å². The van der Waals surface area contributed by atoms with Crippen LogP contribution in [-0.2, 0) is 4.79 Å². The van der Waals surface area contributed by atoms with Gasteiger partial charge in [-0.15, -0.1) is 17.5 Å². The number of halogens is 1. The molecule has 0 aliphatic heterocycles. The Labute approximate surface area is 142 Å². The van der Waals surface area contributed by atoms with E-state index in [1.807, 2.05) is 57.3 Å². The van der Waals surface area contributed by atoms with E-state index in [-0.39, 0.29) is 24.4 Å². The van der Waals surface area contributed by atoms with Gasteiger partial charge >= 0.3 is 0 Å². The third-order valence-corrected chi connectivity index (χ3v) is 3.40. The molecule has 0 aliphatic carbocycles. The van der Waals surface area contributed by atoms with Crippen LogP contribution in [0.4, 0.5) is 0 Å². The van der Waals surface area contributed by atoms with Gasteiger partial charge in [0.1, 0.15) is 5.69 Å². The summed E-state index contributed by atoms with van der Waals surface area (Å²) in [6.07, 6.45) is 2.48. The van der Waals surface area contributed by atoms with Gasteiger partial charge < -0.3 is 11.1 Å². The van der Waals surface area contributed by atoms with Crippen molar-refractivity contribution in [2.45, 2.75) is 39.3 Å². The molecule has 0 fully saturated rings. The molecule has 1 amide bonds. The van der Waals surface area contributed by atoms with E-state index < -0.39 is 6.04 Å². The number of nitrogens with two attached hydrogens (primary N) is 1. The van der Waals surface area contributed by atoms with Crippen LogP contribution in [0.3, 0.4) is 0 Å². The number of benzene rings is 1. The van der Waals surface area contributed by atoms with Crippen LogP contribution in [0.5, 0.6) is 0 Å². The zero-order valence-electron chi connectivity index (χ0n) is 13.6. The minimum atomic E-state index is -0.494. The normalized spacial score (nSPS) is 13.3. The zero-order valence-corrected chi connectivity index (χ0v) is 14.5. The standard InChI is InChI=1S/C16H23N5O.ClH/c1-11(2)9-14(17)16(22)18-12(3)15-10-21(20-19-15)13-7-5-4-6-8-13;/h4-8,10-12,14H,9,17H2,1-3H3,(H,18,22);1H/t12?,14-;/m0./s1. The average Bonchev–Trinajstić information content (AvgIpc) is 2.97. The van der Waals surface area contributed by atoms with Crippen molar-refractivity contribution >= 4 is 18.3 Å². The van der Waals surface area contributed by atoms with E-state index in [9.17, 15) is 4.79 Å². The molecule has 3 N–H and O–H groups in total. The molecule has 1 aromatic carbocycles. The van der Waals surface area contributed by atoms with Crippen molar-refractivity contribution < 1.29 is 4.79 Å². The summed E-state index contributed by atoms with van der Waals surface area (Å²) in [4.78, 5) is 12.0. The number of aromatic nitrogens is 3. The van der Waals surface area contributed by atoms with Crippen LogP contribution in [0.25, 0.3) is 5.69 Å². The first-order chi connectivity index (χ1) is 10.5. The monoisotopic (exact) mass is 337 g/mol. The van der Waals surface area contributed by atoms with Crippen LogP contribution in [0.1, 0.15) is 38.9 Å². The molecule has 0 spiro atoms. The van der Waals surface area contributed by atoms with Gasteiger partial charge in [0.05, 0.1) is 24.0 Å². The molecule has 7 heteroatoms. The number of nitrogens with zero attached hydrogens (tertiary/aromatic N) is 3. The Kier molecular flexibility index (Phi) is 7.19. The molecule has 0 bridgehead atoms. The molecule has 0 radical (unpaired) electrons. The lowest BCUT2D eigenvalue weighted by Gasteiger charge is -2.17. The summed E-state index contributed by atoms with van der Waals surface area (Å²) in [6.45, 7) is 5.96. The lowest BCUT2D eigenvalue weighted by atomic mass is 10.0. The lowest BCUT2D eigenvalue weighted by Crippen LogP contribution is -2.42. The summed E-state index contributed by atoms with van der Waals surface area (Å²) >= 11 is 0. The van der Waals surface area contributed by atoms with Gasteiger partial charge in [0.25, 0.3) is 0 Å². The molecule has 0 saturated carbocycles. The van der Waals surface area contributed by atoms with Gasteiger partial charge in [-0.1, -0.05) is 37.3 Å². The van der Waals surface area contributed by atoms with Gasteiger partial charge in [-0.05, 0) is 31.4 Å². The van der Waals surface area contributed by atoms with Crippen molar-refractivity contribution in [3.63, 3.8) is 0 Å². The van der Waals surface area contributed by atoms with E-state index in [0.29, 0.717) is 18.0 Å². The van der Waals surface area contributed by atoms with Crippen LogP contribution < -0.4 is 11.1 Å². The van der Waals surface area contributed by atoms with Crippen molar-refractivity contribution in [2.24, 2.45) is 11.7 Å². The molecule has 2 atom stereocenters. The van der Waals surface area contributed by atoms with Crippen LogP contribution in [0.2, 0.25) is 0 Å². The van der Waals surface area contributed by atoms with Gasteiger partial charge in [0.2, 0.25) is 5.91 Å². The predicted octanol–water partition coefficient (Wildman–Crippen LogP) is 2.24. The number of hydrogen-bond acceptors (Lipinski definition) is 4. The second kappa shape index (κ2) is 8.64. The first-order valence-electron chi connectivity index (χ1n) is 7.51. The van der Waals surface area contributed by atoms with E-state index in [0.717, 1.165) is 5.69 Å². The summed E-state index contributed by atoms with van der Waals surface area (Å²) in [5, 5.41) is 11.1. The number of hydrogen-bond donors (Lipinski definition) is 2. The smallest absolute Gasteiger partial charge is 0.237 e. The Morgan fingerprint density at radius 2 is 1.91 bits per heavy atom. The molecule has 2 aromatic rings. The highest BCUT2D eigenvalue weighted by Crippen LogP contribution is 2.12. The fraction of sp³-hybridized carbons (Fsp3) is 0.438. The number of amides is 1. The van der Waals surface area contributed by atoms with Crippen molar-refractivity contribution in [3.05, 3.63) is 42.2 Å². The summed E-state index contributed by atoms with van der Waals surface area (Å²) in [6, 6.07) is 8.98. The Morgan fingerprint density at radius 1 is 1.26 bits per heavy atom. The Bertz CT molecular complexity index is 614. The highest BCUT2D eigenvalue weighted by Gasteiger charge is 2.19. The van der Waals surface area contributed by atoms with Crippen molar-refractivity contribution in [1.82, 2.24) is 20.3 Å². The van der Waals surface area contributed by atoms with Crippen molar-refractivity contribution in [2.75, 3.05) is 0 Å². The topological polar surface area (TPSA) is 85.8 Å². The maximum absolute atomic E-state index is 12.0. The summed E-state index contributed by atoms with van der Waals surface area (Å²) in [7, 11) is 0. The largest absolute Gasteiger partial charge is 0.347 e. The molecular weight excluding hydrogens is 314 g/mol. The number of carbonyl (C=O) groups is 1. The van der Waals surface area contributed by atoms with Gasteiger partial charge in [-0.25, -0.2) is 4.68 Å². The molecule has 2 rings (SSSR count). The van der Waals surface area contributed by atoms with Gasteiger partial charge in [-0.3, -0.25) is 4.79 Å². The molecule has 1 heterocycles. The van der Waals surface area contributed by atoms with Gasteiger partial charge in [0.15, 0.2) is 0 Å². The van der Waals surface area contributed by atoms with Crippen LogP contribution >= 0.6 is 12.4 Å². The maximum atomic E-state index is 12.0. The molecule has 6 nitrogen and oxygen atoms in total. The first-order valence-corrected chi connectivity index (χ1v) is 7.51. The molecule has 0 aliphatic rings.